The number of ether oxygens (including phenoxy) is 2. The lowest BCUT2D eigenvalue weighted by molar-refractivity contribution is 0.276. The van der Waals surface area contributed by atoms with Crippen molar-refractivity contribution < 1.29 is 9.47 Å². The molecule has 1 aliphatic heterocycles. The quantitative estimate of drug-likeness (QED) is 0.740. The molecule has 1 fully saturated rings. The molecule has 1 atom stereocenters. The Balaban J connectivity index is 1.59. The van der Waals surface area contributed by atoms with Crippen molar-refractivity contribution in [2.24, 2.45) is 5.41 Å². The second-order valence-corrected chi connectivity index (χ2v) is 7.98. The summed E-state index contributed by atoms with van der Waals surface area (Å²) in [5.41, 5.74) is 4.41. The first-order valence-electron chi connectivity index (χ1n) is 9.07. The van der Waals surface area contributed by atoms with Crippen LogP contribution in [-0.2, 0) is 13.0 Å². The monoisotopic (exact) mass is 322 g/mol. The molecular weight excluding hydrogens is 296 g/mol. The van der Waals surface area contributed by atoms with Crippen LogP contribution in [0.1, 0.15) is 55.7 Å². The maximum atomic E-state index is 6.16. The van der Waals surface area contributed by atoms with Crippen molar-refractivity contribution in [1.82, 2.24) is 0 Å². The van der Waals surface area contributed by atoms with Gasteiger partial charge in [0.1, 0.15) is 6.61 Å². The third kappa shape index (κ3) is 3.15. The summed E-state index contributed by atoms with van der Waals surface area (Å²) in [7, 11) is 0. The van der Waals surface area contributed by atoms with Crippen molar-refractivity contribution in [1.29, 1.82) is 0 Å². The number of benzene rings is 2. The largest absolute Gasteiger partial charge is 0.489 e. The zero-order chi connectivity index (χ0) is 16.6. The van der Waals surface area contributed by atoms with E-state index >= 15 is 0 Å². The predicted octanol–water partition coefficient (Wildman–Crippen LogP) is 5.49. The lowest BCUT2D eigenvalue weighted by Crippen LogP contribution is -2.05. The Labute approximate surface area is 144 Å². The molecule has 0 radical (unpaired) electrons. The maximum absolute atomic E-state index is 6.16. The fourth-order valence-electron chi connectivity index (χ4n) is 4.10. The van der Waals surface area contributed by atoms with Gasteiger partial charge in [-0.15, -0.1) is 0 Å². The molecule has 4 rings (SSSR count). The van der Waals surface area contributed by atoms with Gasteiger partial charge in [-0.05, 0) is 47.8 Å². The van der Waals surface area contributed by atoms with Crippen LogP contribution < -0.4 is 9.47 Å². The van der Waals surface area contributed by atoms with Crippen molar-refractivity contribution in [2.45, 2.75) is 52.1 Å². The van der Waals surface area contributed by atoms with E-state index in [-0.39, 0.29) is 0 Å². The third-order valence-electron chi connectivity index (χ3n) is 5.45. The Bertz CT molecular complexity index is 718. The fourth-order valence-corrected chi connectivity index (χ4v) is 4.10. The number of hydrogen-bond donors (Lipinski definition) is 0. The lowest BCUT2D eigenvalue weighted by Gasteiger charge is -2.19. The van der Waals surface area contributed by atoms with Gasteiger partial charge in [0, 0.05) is 12.0 Å². The first-order valence-corrected chi connectivity index (χ1v) is 9.07. The molecule has 0 amide bonds. The van der Waals surface area contributed by atoms with Gasteiger partial charge in [-0.1, -0.05) is 50.2 Å². The van der Waals surface area contributed by atoms with E-state index in [2.05, 4.69) is 50.2 Å². The summed E-state index contributed by atoms with van der Waals surface area (Å²) in [6, 6.07) is 14.9. The highest BCUT2D eigenvalue weighted by Gasteiger charge is 2.33. The lowest BCUT2D eigenvalue weighted by atomic mass is 9.88. The van der Waals surface area contributed by atoms with Gasteiger partial charge in [-0.3, -0.25) is 0 Å². The van der Waals surface area contributed by atoms with Crippen molar-refractivity contribution in [3.05, 3.63) is 59.2 Å². The van der Waals surface area contributed by atoms with Gasteiger partial charge in [0.15, 0.2) is 11.5 Å². The predicted molar refractivity (Wildman–Crippen MR) is 96.8 cm³/mol. The molecule has 0 N–H and O–H groups in total. The van der Waals surface area contributed by atoms with Gasteiger partial charge in [0.05, 0.1) is 6.61 Å². The Kier molecular flexibility index (Phi) is 3.99. The SMILES string of the molecule is CC1(C)CCC(c2cc3c(c(OCc4ccccc4)c2)OCC3)C1. The Morgan fingerprint density at radius 1 is 1.17 bits per heavy atom. The average Bonchev–Trinajstić information content (AvgIpc) is 3.19. The van der Waals surface area contributed by atoms with E-state index in [1.54, 1.807) is 0 Å². The second kappa shape index (κ2) is 6.16. The molecule has 1 saturated carbocycles. The highest BCUT2D eigenvalue weighted by atomic mass is 16.5. The van der Waals surface area contributed by atoms with Crippen LogP contribution in [0, 0.1) is 5.41 Å². The van der Waals surface area contributed by atoms with E-state index in [0.717, 1.165) is 24.5 Å². The molecule has 2 aromatic carbocycles. The summed E-state index contributed by atoms with van der Waals surface area (Å²) in [4.78, 5) is 0. The van der Waals surface area contributed by atoms with Gasteiger partial charge in [0.2, 0.25) is 0 Å². The summed E-state index contributed by atoms with van der Waals surface area (Å²) in [6.45, 7) is 6.14. The van der Waals surface area contributed by atoms with E-state index in [4.69, 9.17) is 9.47 Å². The first kappa shape index (κ1) is 15.6. The van der Waals surface area contributed by atoms with Gasteiger partial charge < -0.3 is 9.47 Å². The molecule has 2 aliphatic rings. The van der Waals surface area contributed by atoms with E-state index in [1.807, 2.05) is 6.07 Å². The molecule has 1 aliphatic carbocycles. The molecule has 2 nitrogen and oxygen atoms in total. The molecule has 2 heteroatoms. The number of hydrogen-bond acceptors (Lipinski definition) is 2. The van der Waals surface area contributed by atoms with Crippen molar-refractivity contribution in [3.63, 3.8) is 0 Å². The smallest absolute Gasteiger partial charge is 0.164 e. The van der Waals surface area contributed by atoms with Crippen LogP contribution >= 0.6 is 0 Å². The van der Waals surface area contributed by atoms with Crippen LogP contribution in [0.3, 0.4) is 0 Å². The molecule has 1 heterocycles. The molecule has 0 saturated heterocycles. The van der Waals surface area contributed by atoms with Gasteiger partial charge in [0.25, 0.3) is 0 Å². The Hall–Kier alpha value is -1.96. The zero-order valence-electron chi connectivity index (χ0n) is 14.7. The van der Waals surface area contributed by atoms with Crippen LogP contribution in [-0.4, -0.2) is 6.61 Å². The normalized spacial score (nSPS) is 21.3. The minimum atomic E-state index is 0.464. The molecule has 1 unspecified atom stereocenters. The van der Waals surface area contributed by atoms with Crippen LogP contribution in [0.25, 0.3) is 0 Å². The second-order valence-electron chi connectivity index (χ2n) is 7.98. The van der Waals surface area contributed by atoms with Crippen molar-refractivity contribution >= 4 is 0 Å². The average molecular weight is 322 g/mol. The Morgan fingerprint density at radius 2 is 2.00 bits per heavy atom. The highest BCUT2D eigenvalue weighted by Crippen LogP contribution is 2.48. The summed E-state index contributed by atoms with van der Waals surface area (Å²) in [5.74, 6) is 2.55. The standard InChI is InChI=1S/C22H26O2/c1-22(2)10-8-18(14-22)19-12-17-9-11-23-21(17)20(13-19)24-15-16-6-4-3-5-7-16/h3-7,12-13,18H,8-11,14-15H2,1-2H3. The summed E-state index contributed by atoms with van der Waals surface area (Å²) in [6.07, 6.45) is 4.86. The molecular formula is C22H26O2. The van der Waals surface area contributed by atoms with Crippen molar-refractivity contribution in [3.8, 4) is 11.5 Å². The molecule has 0 aromatic heterocycles. The van der Waals surface area contributed by atoms with Gasteiger partial charge >= 0.3 is 0 Å². The molecule has 2 aromatic rings. The summed E-state index contributed by atoms with van der Waals surface area (Å²) >= 11 is 0. The number of fused-ring (bicyclic) bond motifs is 1. The minimum absolute atomic E-state index is 0.464. The van der Waals surface area contributed by atoms with Crippen LogP contribution in [0.4, 0.5) is 0 Å². The fraction of sp³-hybridized carbons (Fsp3) is 0.455. The minimum Gasteiger partial charge on any atom is -0.489 e. The topological polar surface area (TPSA) is 18.5 Å². The maximum Gasteiger partial charge on any atom is 0.164 e. The highest BCUT2D eigenvalue weighted by molar-refractivity contribution is 5.52. The zero-order valence-corrected chi connectivity index (χ0v) is 14.7. The van der Waals surface area contributed by atoms with E-state index in [0.29, 0.717) is 17.9 Å². The molecule has 126 valence electrons. The van der Waals surface area contributed by atoms with Crippen molar-refractivity contribution in [2.75, 3.05) is 6.61 Å². The van der Waals surface area contributed by atoms with E-state index < -0.39 is 0 Å². The third-order valence-corrected chi connectivity index (χ3v) is 5.45. The molecule has 0 bridgehead atoms. The van der Waals surface area contributed by atoms with Gasteiger partial charge in [-0.25, -0.2) is 0 Å². The molecule has 0 spiro atoms. The van der Waals surface area contributed by atoms with Gasteiger partial charge in [-0.2, -0.15) is 0 Å². The van der Waals surface area contributed by atoms with Crippen LogP contribution in [0.5, 0.6) is 11.5 Å². The molecule has 24 heavy (non-hydrogen) atoms. The van der Waals surface area contributed by atoms with E-state index in [1.165, 1.54) is 36.0 Å². The van der Waals surface area contributed by atoms with E-state index in [9.17, 15) is 0 Å². The van der Waals surface area contributed by atoms with Crippen LogP contribution in [0.15, 0.2) is 42.5 Å². The number of rotatable bonds is 4. The Morgan fingerprint density at radius 3 is 2.75 bits per heavy atom. The summed E-state index contributed by atoms with van der Waals surface area (Å²) < 4.78 is 12.0. The van der Waals surface area contributed by atoms with Crippen LogP contribution in [0.2, 0.25) is 0 Å². The summed E-state index contributed by atoms with van der Waals surface area (Å²) in [5, 5.41) is 0. The first-order chi connectivity index (χ1) is 11.6.